The monoisotopic (exact) mass is 175 g/mol. The Kier molecular flexibility index (Phi) is 86.8. The Labute approximate surface area is 51.8 Å². The van der Waals surface area contributed by atoms with Gasteiger partial charge in [0, 0.05) is 0 Å². The zero-order chi connectivity index (χ0) is 2.71. The Balaban J connectivity index is -0.0000000200. The van der Waals surface area contributed by atoms with Crippen LogP contribution in [0.4, 0.5) is 0 Å². The van der Waals surface area contributed by atoms with Crippen LogP contribution >= 0.6 is 0 Å². The van der Waals surface area contributed by atoms with E-state index in [0.717, 1.165) is 6.41 Å². The van der Waals surface area contributed by atoms with Gasteiger partial charge in [-0.2, -0.15) is 6.41 Å². The summed E-state index contributed by atoms with van der Waals surface area (Å²) >= 11 is 0. The van der Waals surface area contributed by atoms with E-state index in [2.05, 4.69) is 5.73 Å². The van der Waals surface area contributed by atoms with Gasteiger partial charge < -0.3 is 24.0 Å². The van der Waals surface area contributed by atoms with Gasteiger partial charge in [0.15, 0.2) is 0 Å². The summed E-state index contributed by atoms with van der Waals surface area (Å²) in [6.45, 7) is 0. The molecular formula is CH3MoNOS. The molecule has 0 radical (unpaired) electrons. The van der Waals surface area contributed by atoms with Gasteiger partial charge in [-0.05, 0) is 0 Å². The molecule has 0 unspecified atom stereocenters. The maximum Gasteiger partial charge on any atom is 2.00 e. The van der Waals surface area contributed by atoms with Crippen LogP contribution in [0, 0.1) is 0 Å². The second-order valence-electron chi connectivity index (χ2n) is 0.118. The molecule has 4 heteroatoms. The molecule has 0 atom stereocenters. The summed E-state index contributed by atoms with van der Waals surface area (Å²) in [6.07, 6.45) is 1.00. The van der Waals surface area contributed by atoms with Crippen LogP contribution in [0.25, 0.3) is 0 Å². The Hall–Kier alpha value is 0.508. The molecule has 0 saturated carbocycles. The first kappa shape index (κ1) is 17.8. The average Bonchev–Trinajstić information content (AvgIpc) is 0.918. The molecule has 0 aromatic rings. The van der Waals surface area contributed by atoms with Gasteiger partial charge in [-0.3, -0.25) is 0 Å². The van der Waals surface area contributed by atoms with Crippen molar-refractivity contribution in [2.75, 3.05) is 0 Å². The van der Waals surface area contributed by atoms with Crippen molar-refractivity contribution >= 4 is 19.9 Å². The summed E-state index contributed by atoms with van der Waals surface area (Å²) in [7, 11) is 0. The Morgan fingerprint density at radius 1 is 1.60 bits per heavy atom. The summed E-state index contributed by atoms with van der Waals surface area (Å²) < 4.78 is 0. The number of carbonyl (C=O) groups excluding carboxylic acids is 1. The molecule has 0 aromatic heterocycles. The van der Waals surface area contributed by atoms with Gasteiger partial charge in [0.05, 0.1) is 0 Å². The van der Waals surface area contributed by atoms with Crippen LogP contribution in [-0.4, -0.2) is 6.41 Å². The normalized spacial score (nSPS) is 2.40. The van der Waals surface area contributed by atoms with E-state index in [1.807, 2.05) is 0 Å². The fraction of sp³-hybridized carbons (Fsp3) is 0. The van der Waals surface area contributed by atoms with Crippen LogP contribution in [0.15, 0.2) is 0 Å². The zero-order valence-corrected chi connectivity index (χ0v) is 5.24. The van der Waals surface area contributed by atoms with Crippen molar-refractivity contribution in [1.29, 1.82) is 0 Å². The van der Waals surface area contributed by atoms with E-state index in [4.69, 9.17) is 4.79 Å². The van der Waals surface area contributed by atoms with Crippen molar-refractivity contribution in [3.63, 3.8) is 0 Å². The predicted octanol–water partition coefficient (Wildman–Crippen LogP) is -1.26. The number of primary amides is 1. The summed E-state index contributed by atoms with van der Waals surface area (Å²) in [4.78, 5) is 8.46. The maximum absolute atomic E-state index is 8.46. The second-order valence-corrected chi connectivity index (χ2v) is 0.118. The van der Waals surface area contributed by atoms with Crippen molar-refractivity contribution in [2.24, 2.45) is 5.73 Å². The smallest absolute Gasteiger partial charge is 0.813 e. The molecule has 30 valence electrons. The molecule has 0 aliphatic rings. The Bertz CT molecular complexity index is 19.1. The van der Waals surface area contributed by atoms with Crippen LogP contribution in [-0.2, 0) is 39.4 Å². The van der Waals surface area contributed by atoms with Crippen molar-refractivity contribution in [3.8, 4) is 0 Å². The molecule has 0 rings (SSSR count). The molecule has 0 aliphatic carbocycles. The van der Waals surface area contributed by atoms with Gasteiger partial charge in [-0.25, -0.2) is 0 Å². The van der Waals surface area contributed by atoms with E-state index in [9.17, 15) is 0 Å². The van der Waals surface area contributed by atoms with E-state index >= 15 is 0 Å². The summed E-state index contributed by atoms with van der Waals surface area (Å²) in [5, 5.41) is 0. The number of hydrogen-bond donors (Lipinski definition) is 1. The summed E-state index contributed by atoms with van der Waals surface area (Å²) in [6, 6.07) is 0. The fourth-order valence-electron chi connectivity index (χ4n) is 0. The van der Waals surface area contributed by atoms with Crippen LogP contribution in [0.1, 0.15) is 0 Å². The van der Waals surface area contributed by atoms with E-state index in [1.165, 1.54) is 0 Å². The molecule has 0 bridgehead atoms. The van der Waals surface area contributed by atoms with Crippen molar-refractivity contribution in [2.45, 2.75) is 0 Å². The standard InChI is InChI=1S/CH2NO.Mo.H2S/c2-1-3;;/h(H2,2,3);;1H2/q-1;+2;/p-1. The maximum atomic E-state index is 8.46. The molecule has 2 nitrogen and oxygen atoms in total. The first-order valence-corrected chi connectivity index (χ1v) is 0.493. The fourth-order valence-corrected chi connectivity index (χ4v) is 0. The topological polar surface area (TPSA) is 43.1 Å². The molecule has 2 N–H and O–H groups in total. The molecule has 0 aromatic carbocycles. The van der Waals surface area contributed by atoms with Gasteiger partial charge in [-0.1, -0.05) is 0 Å². The molecular weight excluding hydrogens is 170 g/mol. The van der Waals surface area contributed by atoms with Crippen LogP contribution < -0.4 is 5.73 Å². The summed E-state index contributed by atoms with van der Waals surface area (Å²) in [5.41, 5.74) is 4.04. The Morgan fingerprint density at radius 3 is 1.60 bits per heavy atom. The minimum atomic E-state index is 0. The van der Waals surface area contributed by atoms with E-state index in [-0.39, 0.29) is 34.6 Å². The van der Waals surface area contributed by atoms with Gasteiger partial charge >= 0.3 is 21.1 Å². The molecule has 0 spiro atoms. The molecule has 0 saturated heterocycles. The number of rotatable bonds is 0. The molecule has 0 aliphatic heterocycles. The Morgan fingerprint density at radius 2 is 1.60 bits per heavy atom. The number of nitrogens with two attached hydrogens (primary N) is 1. The number of amides is 1. The molecule has 5 heavy (non-hydrogen) atoms. The van der Waals surface area contributed by atoms with Crippen LogP contribution in [0.5, 0.6) is 0 Å². The van der Waals surface area contributed by atoms with Gasteiger partial charge in [0.25, 0.3) is 0 Å². The van der Waals surface area contributed by atoms with E-state index < -0.39 is 0 Å². The zero-order valence-electron chi connectivity index (χ0n) is 2.34. The second kappa shape index (κ2) is 24.4. The SMILES string of the molecule is N[C-]=O.[Mo+2].[SH-]. The van der Waals surface area contributed by atoms with Gasteiger partial charge in [0.2, 0.25) is 0 Å². The first-order valence-electron chi connectivity index (χ1n) is 0.493. The molecule has 0 fully saturated rings. The predicted molar refractivity (Wildman–Crippen MR) is 18.6 cm³/mol. The van der Waals surface area contributed by atoms with Gasteiger partial charge in [0.1, 0.15) is 0 Å². The first-order chi connectivity index (χ1) is 1.41. The third-order valence-corrected chi connectivity index (χ3v) is 0. The van der Waals surface area contributed by atoms with Crippen molar-refractivity contribution in [1.82, 2.24) is 0 Å². The third-order valence-electron chi connectivity index (χ3n) is 0. The van der Waals surface area contributed by atoms with Crippen molar-refractivity contribution < 1.29 is 25.9 Å². The van der Waals surface area contributed by atoms with Crippen LogP contribution in [0.2, 0.25) is 0 Å². The molecule has 0 heterocycles. The van der Waals surface area contributed by atoms with E-state index in [1.54, 1.807) is 0 Å². The minimum Gasteiger partial charge on any atom is -0.813 e. The summed E-state index contributed by atoms with van der Waals surface area (Å²) in [5.74, 6) is 0. The number of hydrogen-bond acceptors (Lipinski definition) is 2. The number of thiol groups is 1. The van der Waals surface area contributed by atoms with Crippen molar-refractivity contribution in [3.05, 3.63) is 0 Å². The van der Waals surface area contributed by atoms with Crippen LogP contribution in [0.3, 0.4) is 0 Å². The van der Waals surface area contributed by atoms with Gasteiger partial charge in [-0.15, -0.1) is 0 Å². The average molecular weight is 173 g/mol. The third kappa shape index (κ3) is 110. The van der Waals surface area contributed by atoms with E-state index in [0.29, 0.717) is 0 Å². The molecule has 1 amide bonds. The largest absolute Gasteiger partial charge is 2.00 e. The quantitative estimate of drug-likeness (QED) is 0.163. The minimum absolute atomic E-state index is 0.